The lowest BCUT2D eigenvalue weighted by Gasteiger charge is -2.40. The van der Waals surface area contributed by atoms with Crippen LogP contribution in [-0.2, 0) is 25.9 Å². The number of methoxy groups -OCH3 is 1. The third-order valence-electron chi connectivity index (χ3n) is 7.35. The van der Waals surface area contributed by atoms with Crippen molar-refractivity contribution in [2.45, 2.75) is 57.7 Å². The van der Waals surface area contributed by atoms with E-state index < -0.39 is 36.5 Å². The number of carbonyl (C=O) groups is 1. The van der Waals surface area contributed by atoms with Crippen LogP contribution in [0.25, 0.3) is 0 Å². The maximum Gasteiger partial charge on any atom is 0.325 e. The van der Waals surface area contributed by atoms with E-state index in [0.717, 1.165) is 11.8 Å². The van der Waals surface area contributed by atoms with Crippen LogP contribution in [0.3, 0.4) is 0 Å². The number of carboxylic acid groups (broad SMARTS) is 1. The maximum absolute atomic E-state index is 12.3. The van der Waals surface area contributed by atoms with Crippen LogP contribution in [0.15, 0.2) is 72.8 Å². The molecule has 0 fully saturated rings. The Morgan fingerprint density at radius 2 is 1.60 bits per heavy atom. The van der Waals surface area contributed by atoms with Crippen molar-refractivity contribution in [3.63, 3.8) is 0 Å². The van der Waals surface area contributed by atoms with Gasteiger partial charge in [0.15, 0.2) is 8.32 Å². The molecule has 42 heavy (non-hydrogen) atoms. The van der Waals surface area contributed by atoms with Crippen LogP contribution in [0, 0.1) is 0 Å². The van der Waals surface area contributed by atoms with Gasteiger partial charge in [-0.15, -0.1) is 0 Å². The van der Waals surface area contributed by atoms with Crippen molar-refractivity contribution >= 4 is 30.0 Å². The quantitative estimate of drug-likeness (QED) is 0.186. The van der Waals surface area contributed by atoms with Crippen LogP contribution in [0.4, 0.5) is 5.69 Å². The normalized spacial score (nSPS) is 13.7. The Morgan fingerprint density at radius 1 is 0.976 bits per heavy atom. The minimum absolute atomic E-state index is 0.125. The van der Waals surface area contributed by atoms with Crippen molar-refractivity contribution in [3.8, 4) is 11.5 Å². The number of sulfonamides is 1. The van der Waals surface area contributed by atoms with Gasteiger partial charge in [-0.3, -0.25) is 14.8 Å². The van der Waals surface area contributed by atoms with Gasteiger partial charge < -0.3 is 19.0 Å². The highest BCUT2D eigenvalue weighted by Gasteiger charge is 2.40. The second-order valence-corrected chi connectivity index (χ2v) is 18.2. The summed E-state index contributed by atoms with van der Waals surface area (Å²) in [5.41, 5.74) is 2.47. The van der Waals surface area contributed by atoms with Gasteiger partial charge >= 0.3 is 5.97 Å². The molecule has 0 bridgehead atoms. The molecule has 3 aromatic rings. The monoisotopic (exact) mass is 614 g/mol. The Kier molecular flexibility index (Phi) is 10.8. The maximum atomic E-state index is 12.3. The highest BCUT2D eigenvalue weighted by atomic mass is 32.2. The fourth-order valence-electron chi connectivity index (χ4n) is 4.02. The standard InChI is InChI=1S/C31H42N2O7SSi/c1-31(2,3)42(6,7)40-28(20-32-29(30(34)35)23-13-16-25(38-4)17-14-23)24-15-18-27(26(19-24)33-41(5,36)37)39-21-22-11-9-8-10-12-22/h8-19,28-29,32-33H,20-21H2,1-7H3,(H,34,35). The highest BCUT2D eigenvalue weighted by Crippen LogP contribution is 2.41. The molecular formula is C31H42N2O7SSi. The SMILES string of the molecule is COc1ccc(C(NCC(O[Si](C)(C)C(C)(C)C)c2ccc(OCc3ccccc3)c(NS(C)(=O)=O)c2)C(=O)O)cc1. The van der Waals surface area contributed by atoms with E-state index in [1.165, 1.54) is 0 Å². The summed E-state index contributed by atoms with van der Waals surface area (Å²) in [6, 6.07) is 20.7. The molecule has 2 atom stereocenters. The van der Waals surface area contributed by atoms with Crippen molar-refractivity contribution in [1.29, 1.82) is 0 Å². The zero-order valence-electron chi connectivity index (χ0n) is 25.3. The van der Waals surface area contributed by atoms with E-state index in [2.05, 4.69) is 43.9 Å². The van der Waals surface area contributed by atoms with Gasteiger partial charge in [0.2, 0.25) is 10.0 Å². The van der Waals surface area contributed by atoms with Gasteiger partial charge in [-0.05, 0) is 59.1 Å². The summed E-state index contributed by atoms with van der Waals surface area (Å²) in [7, 11) is -4.43. The van der Waals surface area contributed by atoms with Crippen LogP contribution in [-0.4, -0.2) is 47.7 Å². The predicted octanol–water partition coefficient (Wildman–Crippen LogP) is 6.12. The number of carboxylic acids is 1. The number of nitrogens with one attached hydrogen (secondary N) is 2. The third kappa shape index (κ3) is 9.31. The molecule has 9 nitrogen and oxygen atoms in total. The molecule has 0 amide bonds. The van der Waals surface area contributed by atoms with Crippen molar-refractivity contribution in [2.24, 2.45) is 0 Å². The molecule has 2 unspecified atom stereocenters. The molecule has 0 aliphatic carbocycles. The minimum atomic E-state index is -3.63. The van der Waals surface area contributed by atoms with Crippen molar-refractivity contribution in [3.05, 3.63) is 89.5 Å². The summed E-state index contributed by atoms with van der Waals surface area (Å²) in [6.07, 6.45) is 0.507. The number of anilines is 1. The van der Waals surface area contributed by atoms with E-state index in [9.17, 15) is 18.3 Å². The fraction of sp³-hybridized carbons (Fsp3) is 0.387. The summed E-state index contributed by atoms with van der Waals surface area (Å²) in [5.74, 6) is -0.0356. The average molecular weight is 615 g/mol. The van der Waals surface area contributed by atoms with Gasteiger partial charge in [0.1, 0.15) is 24.1 Å². The van der Waals surface area contributed by atoms with Gasteiger partial charge in [0.05, 0.1) is 25.2 Å². The van der Waals surface area contributed by atoms with Crippen molar-refractivity contribution in [1.82, 2.24) is 5.32 Å². The Balaban J connectivity index is 1.97. The van der Waals surface area contributed by atoms with Gasteiger partial charge in [0, 0.05) is 6.54 Å². The molecule has 0 aliphatic heterocycles. The molecule has 0 saturated carbocycles. The van der Waals surface area contributed by atoms with E-state index in [4.69, 9.17) is 13.9 Å². The summed E-state index contributed by atoms with van der Waals surface area (Å²) in [6.45, 7) is 11.0. The first-order valence-electron chi connectivity index (χ1n) is 13.7. The smallest absolute Gasteiger partial charge is 0.325 e. The molecule has 0 aromatic heterocycles. The van der Waals surface area contributed by atoms with E-state index in [-0.39, 0.29) is 23.9 Å². The molecular weight excluding hydrogens is 573 g/mol. The number of ether oxygens (including phenoxy) is 2. The van der Waals surface area contributed by atoms with Crippen molar-refractivity contribution < 1.29 is 32.2 Å². The summed E-state index contributed by atoms with van der Waals surface area (Å²) in [4.78, 5) is 12.3. The number of benzene rings is 3. The zero-order chi connectivity index (χ0) is 31.1. The van der Waals surface area contributed by atoms with Crippen LogP contribution >= 0.6 is 0 Å². The van der Waals surface area contributed by atoms with Gasteiger partial charge in [0.25, 0.3) is 0 Å². The van der Waals surface area contributed by atoms with E-state index in [0.29, 0.717) is 22.6 Å². The lowest BCUT2D eigenvalue weighted by Crippen LogP contribution is -2.44. The van der Waals surface area contributed by atoms with Gasteiger partial charge in [-0.2, -0.15) is 0 Å². The van der Waals surface area contributed by atoms with E-state index in [1.807, 2.05) is 36.4 Å². The van der Waals surface area contributed by atoms with Crippen LogP contribution in [0.1, 0.15) is 49.6 Å². The second kappa shape index (κ2) is 13.7. The number of rotatable bonds is 14. The molecule has 0 spiro atoms. The molecule has 11 heteroatoms. The molecule has 0 aliphatic rings. The zero-order valence-corrected chi connectivity index (χ0v) is 27.1. The predicted molar refractivity (Wildman–Crippen MR) is 168 cm³/mol. The Labute approximate surface area is 250 Å². The minimum Gasteiger partial charge on any atom is -0.497 e. The van der Waals surface area contributed by atoms with Crippen LogP contribution in [0.2, 0.25) is 18.1 Å². The molecule has 3 N–H and O–H groups in total. The molecule has 3 aromatic carbocycles. The molecule has 3 rings (SSSR count). The van der Waals surface area contributed by atoms with Crippen LogP contribution in [0.5, 0.6) is 11.5 Å². The summed E-state index contributed by atoms with van der Waals surface area (Å²) >= 11 is 0. The van der Waals surface area contributed by atoms with Crippen LogP contribution < -0.4 is 19.5 Å². The number of hydrogen-bond donors (Lipinski definition) is 3. The molecule has 0 heterocycles. The Morgan fingerprint density at radius 3 is 2.14 bits per heavy atom. The average Bonchev–Trinajstić information content (AvgIpc) is 2.91. The lowest BCUT2D eigenvalue weighted by molar-refractivity contribution is -0.139. The first-order chi connectivity index (χ1) is 19.6. The topological polar surface area (TPSA) is 123 Å². The molecule has 0 radical (unpaired) electrons. The van der Waals surface area contributed by atoms with Gasteiger partial charge in [-0.25, -0.2) is 8.42 Å². The molecule has 0 saturated heterocycles. The summed E-state index contributed by atoms with van der Waals surface area (Å²) < 4.78 is 45.1. The first-order valence-corrected chi connectivity index (χ1v) is 18.5. The van der Waals surface area contributed by atoms with E-state index >= 15 is 0 Å². The first kappa shape index (κ1) is 33.1. The van der Waals surface area contributed by atoms with E-state index in [1.54, 1.807) is 43.5 Å². The number of aliphatic carboxylic acids is 1. The largest absolute Gasteiger partial charge is 0.497 e. The second-order valence-electron chi connectivity index (χ2n) is 11.7. The Hall–Kier alpha value is -3.38. The third-order valence-corrected chi connectivity index (χ3v) is 12.4. The molecule has 228 valence electrons. The van der Waals surface area contributed by atoms with Gasteiger partial charge in [-0.1, -0.05) is 69.3 Å². The fourth-order valence-corrected chi connectivity index (χ4v) is 5.86. The van der Waals surface area contributed by atoms with Crippen molar-refractivity contribution in [2.75, 3.05) is 24.6 Å². The lowest BCUT2D eigenvalue weighted by atomic mass is 10.0. The summed E-state index contributed by atoms with van der Waals surface area (Å²) in [5, 5.41) is 13.1. The number of hydrogen-bond acceptors (Lipinski definition) is 7. The highest BCUT2D eigenvalue weighted by molar-refractivity contribution is 7.92. The Bertz CT molecular complexity index is 1440.